The van der Waals surface area contributed by atoms with Crippen molar-refractivity contribution in [3.05, 3.63) is 78.0 Å². The molecule has 519 valence electrons. The number of fused-ring (bicyclic) bond motifs is 1. The summed E-state index contributed by atoms with van der Waals surface area (Å²) >= 11 is 0. The molecule has 0 aliphatic carbocycles. The van der Waals surface area contributed by atoms with Crippen LogP contribution in [0.1, 0.15) is 66.4 Å². The van der Waals surface area contributed by atoms with E-state index in [0.29, 0.717) is 37.5 Å². The predicted octanol–water partition coefficient (Wildman–Crippen LogP) is -1.16. The van der Waals surface area contributed by atoms with E-state index in [1.54, 1.807) is 56.2 Å². The van der Waals surface area contributed by atoms with Crippen LogP contribution in [-0.2, 0) is 92.4 Å². The summed E-state index contributed by atoms with van der Waals surface area (Å²) in [5, 5.41) is 79.0. The summed E-state index contributed by atoms with van der Waals surface area (Å²) in [7, 11) is -4.48. The molecule has 3 atom stereocenters. The van der Waals surface area contributed by atoms with Gasteiger partial charge in [0.2, 0.25) is 33.7 Å². The number of sulfonamides is 1. The van der Waals surface area contributed by atoms with Crippen LogP contribution in [0.4, 0.5) is 5.95 Å². The molecule has 1 aliphatic heterocycles. The van der Waals surface area contributed by atoms with Gasteiger partial charge in [0.05, 0.1) is 61.1 Å². The Labute approximate surface area is 573 Å². The molecule has 14 N–H and O–H groups in total. The molecule has 2 aromatic carbocycles. The van der Waals surface area contributed by atoms with E-state index in [1.165, 1.54) is 26.0 Å². The van der Waals surface area contributed by atoms with Crippen molar-refractivity contribution in [1.82, 2.24) is 70.7 Å². The van der Waals surface area contributed by atoms with E-state index in [4.69, 9.17) is 4.74 Å². The molecule has 0 spiro atoms. The number of carbonyl (C=O) groups is 10. The van der Waals surface area contributed by atoms with Crippen molar-refractivity contribution in [2.24, 2.45) is 5.92 Å². The number of hydrogen-bond donors (Lipinski definition) is 14. The van der Waals surface area contributed by atoms with Gasteiger partial charge in [-0.05, 0) is 81.0 Å². The van der Waals surface area contributed by atoms with Crippen LogP contribution in [0.2, 0.25) is 0 Å². The maximum Gasteiger partial charge on any atom is 0.323 e. The standard InChI is InChI=1S/C59H85N15O19S.Y/c1-38-28-44(29-39(2)54(38)94(91,92)69-46(58(89)90)33-66-55(86)41-7-10-47-43(30-41)32-67-74(47)18-5-13-62-59-63-16-17-64-59)93-27-4-6-48(76)60-14-15-61-57(88)45(9-12-51(80)81)68-56(87)42(8-11-50(78)79)31-65-49(77)35-71-21-25-72(36-52(82)83)23-19-70(34-40(3)75)20-24-73(26-22-71)37-53(84)85;/h7,10,16-17,28-30,32,42,45-46,69,75H,3-6,8-9,11-15,18-27,31,33-37H2,1-2H3,(H,60,76)(H,61,88)(H,65,77)(H,66,86)(H,68,87)(H,78,79)(H,80,81)(H,82,83)(H,84,85)(H,89,90)(H2,62,63,64);/t42-,45?,46?;/m1./s1. The van der Waals surface area contributed by atoms with Gasteiger partial charge in [0.15, 0.2) is 5.95 Å². The number of aromatic nitrogens is 4. The quantitative estimate of drug-likeness (QED) is 0.0185. The predicted molar refractivity (Wildman–Crippen MR) is 337 cm³/mol. The largest absolute Gasteiger partial charge is 0.512 e. The number of anilines is 1. The number of aliphatic carboxylic acids is 5. The second kappa shape index (κ2) is 40.3. The fourth-order valence-electron chi connectivity index (χ4n) is 10.2. The number of aromatic amines is 1. The van der Waals surface area contributed by atoms with Crippen molar-refractivity contribution >= 4 is 86.3 Å². The number of amides is 5. The topological polar surface area (TPSA) is 479 Å². The number of rotatable bonds is 39. The van der Waals surface area contributed by atoms with Gasteiger partial charge in [0.1, 0.15) is 17.8 Å². The third-order valence-electron chi connectivity index (χ3n) is 14.9. The van der Waals surface area contributed by atoms with Gasteiger partial charge < -0.3 is 72.3 Å². The molecule has 1 fully saturated rings. The Kier molecular flexibility index (Phi) is 33.6. The van der Waals surface area contributed by atoms with E-state index in [-0.39, 0.29) is 177 Å². The van der Waals surface area contributed by atoms with Gasteiger partial charge in [-0.3, -0.25) is 72.2 Å². The molecule has 0 bridgehead atoms. The molecule has 34 nitrogen and oxygen atoms in total. The Balaban J connectivity index is 0.0000192. The first-order chi connectivity index (χ1) is 44.6. The van der Waals surface area contributed by atoms with Crippen molar-refractivity contribution in [3.8, 4) is 5.75 Å². The van der Waals surface area contributed by atoms with Crippen LogP contribution in [0.15, 0.2) is 66.2 Å². The second-order valence-corrected chi connectivity index (χ2v) is 24.1. The number of hydrogen-bond acceptors (Lipinski definition) is 21. The molecule has 0 saturated carbocycles. The number of aliphatic hydroxyl groups is 1. The number of carboxylic acids is 5. The van der Waals surface area contributed by atoms with Crippen LogP contribution in [-0.4, -0.2) is 268 Å². The summed E-state index contributed by atoms with van der Waals surface area (Å²) < 4.78 is 37.1. The Morgan fingerprint density at radius 3 is 1.81 bits per heavy atom. The van der Waals surface area contributed by atoms with Crippen molar-refractivity contribution in [3.63, 3.8) is 0 Å². The first-order valence-electron chi connectivity index (χ1n) is 30.4. The maximum absolute atomic E-state index is 13.7. The number of H-pyrrole nitrogens is 1. The smallest absolute Gasteiger partial charge is 0.323 e. The molecule has 2 unspecified atom stereocenters. The van der Waals surface area contributed by atoms with E-state index in [1.807, 2.05) is 4.90 Å². The minimum absolute atomic E-state index is 0. The van der Waals surface area contributed by atoms with Crippen LogP contribution in [0.3, 0.4) is 0 Å². The SMILES string of the molecule is C=C(O)CN1CCN(CC(=O)O)CCN(CC(=O)NC[C@@H](CCC(=O)O)C(=O)NC(CCC(=O)O)C(=O)NCCNC(=O)CCCOc2cc(C)c(S(=O)(=O)NC(CNC(=O)c3ccc4c(cnn4CCCNc4ncc[nH]4)c3)C(=O)O)c(C)c2)CCN(CC(=O)O)CC1.[Y]. The Morgan fingerprint density at radius 1 is 0.653 bits per heavy atom. The van der Waals surface area contributed by atoms with Crippen LogP contribution >= 0.6 is 0 Å². The Bertz CT molecular complexity index is 3340. The minimum Gasteiger partial charge on any atom is -0.512 e. The molecule has 1 radical (unpaired) electrons. The molecule has 1 saturated heterocycles. The number of nitrogens with zero attached hydrogens (tertiary/aromatic N) is 7. The van der Waals surface area contributed by atoms with E-state index in [0.717, 1.165) is 11.9 Å². The average molecular weight is 1430 g/mol. The third-order valence-corrected chi connectivity index (χ3v) is 16.7. The zero-order valence-electron chi connectivity index (χ0n) is 53.0. The molecule has 1 aliphatic rings. The first kappa shape index (κ1) is 79.3. The van der Waals surface area contributed by atoms with Crippen LogP contribution in [0.25, 0.3) is 10.9 Å². The number of imidazole rings is 1. The van der Waals surface area contributed by atoms with Crippen LogP contribution in [0, 0.1) is 19.8 Å². The van der Waals surface area contributed by atoms with Crippen molar-refractivity contribution in [2.45, 2.75) is 82.3 Å². The molecule has 5 rings (SSSR count). The molecule has 95 heavy (non-hydrogen) atoms. The zero-order valence-corrected chi connectivity index (χ0v) is 56.7. The van der Waals surface area contributed by atoms with Gasteiger partial charge in [-0.15, -0.1) is 0 Å². The summed E-state index contributed by atoms with van der Waals surface area (Å²) in [6.45, 7) is 7.38. The summed E-state index contributed by atoms with van der Waals surface area (Å²) in [5.74, 6) is -10.1. The minimum atomic E-state index is -4.48. The second-order valence-electron chi connectivity index (χ2n) is 22.4. The fraction of sp³-hybridized carbons (Fsp3) is 0.525. The van der Waals surface area contributed by atoms with Gasteiger partial charge in [0, 0.05) is 167 Å². The molecule has 3 heterocycles. The van der Waals surface area contributed by atoms with E-state index >= 15 is 0 Å². The van der Waals surface area contributed by atoms with Crippen molar-refractivity contribution < 1.29 is 124 Å². The number of aryl methyl sites for hydroxylation is 3. The van der Waals surface area contributed by atoms with E-state index in [9.17, 15) is 87.0 Å². The maximum atomic E-state index is 13.7. The van der Waals surface area contributed by atoms with E-state index < -0.39 is 113 Å². The number of aliphatic hydroxyl groups excluding tert-OH is 1. The van der Waals surface area contributed by atoms with Gasteiger partial charge in [-0.25, -0.2) is 13.4 Å². The summed E-state index contributed by atoms with van der Waals surface area (Å²) in [6, 6.07) is 4.53. The molecule has 2 aromatic heterocycles. The molecule has 4 aromatic rings. The number of ether oxygens (including phenoxy) is 1. The number of carbonyl (C=O) groups excluding carboxylic acids is 5. The summed E-state index contributed by atoms with van der Waals surface area (Å²) in [4.78, 5) is 139. The molecular weight excluding hydrogens is 1340 g/mol. The van der Waals surface area contributed by atoms with Crippen LogP contribution in [0.5, 0.6) is 5.75 Å². The number of nitrogens with one attached hydrogen (secondary N) is 8. The summed E-state index contributed by atoms with van der Waals surface area (Å²) in [5.41, 5.74) is 1.40. The Morgan fingerprint density at radius 2 is 1.24 bits per heavy atom. The molecular formula is C59H85N15O19SY. The fourth-order valence-corrected chi connectivity index (χ4v) is 11.8. The summed E-state index contributed by atoms with van der Waals surface area (Å²) in [6.07, 6.45) is 4.03. The van der Waals surface area contributed by atoms with Gasteiger partial charge in [-0.2, -0.15) is 9.82 Å². The number of carboxylic acid groups (broad SMARTS) is 5. The van der Waals surface area contributed by atoms with Gasteiger partial charge in [0.25, 0.3) is 5.91 Å². The van der Waals surface area contributed by atoms with Crippen molar-refractivity contribution in [2.75, 3.05) is 123 Å². The van der Waals surface area contributed by atoms with Crippen LogP contribution < -0.4 is 41.4 Å². The third kappa shape index (κ3) is 28.7. The van der Waals surface area contributed by atoms with Gasteiger partial charge >= 0.3 is 29.8 Å². The molecule has 5 amide bonds. The van der Waals surface area contributed by atoms with Crippen molar-refractivity contribution in [1.29, 1.82) is 0 Å². The number of benzene rings is 2. The molecule has 36 heteroatoms. The first-order valence-corrected chi connectivity index (χ1v) is 31.9. The van der Waals surface area contributed by atoms with Gasteiger partial charge in [-0.1, -0.05) is 6.58 Å². The normalized spacial score (nSPS) is 14.7. The zero-order chi connectivity index (χ0) is 68.9. The average Bonchev–Trinajstić information content (AvgIpc) is 1.18. The Hall–Kier alpha value is -8.19. The monoisotopic (exact) mass is 1430 g/mol. The van der Waals surface area contributed by atoms with E-state index in [2.05, 4.69) is 58.3 Å².